The normalized spacial score (nSPS) is 15.0. The second-order valence-corrected chi connectivity index (χ2v) is 5.99. The highest BCUT2D eigenvalue weighted by Crippen LogP contribution is 2.27. The van der Waals surface area contributed by atoms with E-state index in [2.05, 4.69) is 19.9 Å². The number of rotatable bonds is 6. The molecule has 0 bridgehead atoms. The zero-order chi connectivity index (χ0) is 16.1. The molecule has 3 rings (SSSR count). The first-order valence-electron chi connectivity index (χ1n) is 7.81. The number of nitrogens with zero attached hydrogens (tertiary/aromatic N) is 4. The lowest BCUT2D eigenvalue weighted by atomic mass is 10.2. The van der Waals surface area contributed by atoms with Gasteiger partial charge < -0.3 is 15.4 Å². The monoisotopic (exact) mass is 333 g/mol. The van der Waals surface area contributed by atoms with Crippen LogP contribution >= 0.6 is 11.6 Å². The molecular weight excluding hydrogens is 314 g/mol. The first kappa shape index (κ1) is 16.0. The van der Waals surface area contributed by atoms with Crippen LogP contribution in [-0.4, -0.2) is 46.1 Å². The molecule has 0 aliphatic carbocycles. The summed E-state index contributed by atoms with van der Waals surface area (Å²) in [6, 6.07) is 1.87. The van der Waals surface area contributed by atoms with Gasteiger partial charge in [0, 0.05) is 18.3 Å². The molecular formula is C16H20ClN5O. The van der Waals surface area contributed by atoms with Crippen molar-refractivity contribution in [3.05, 3.63) is 29.7 Å². The van der Waals surface area contributed by atoms with Crippen LogP contribution in [0.5, 0.6) is 5.75 Å². The van der Waals surface area contributed by atoms with E-state index in [4.69, 9.17) is 22.1 Å². The third-order valence-electron chi connectivity index (χ3n) is 3.84. The molecule has 2 N–H and O–H groups in total. The van der Waals surface area contributed by atoms with Gasteiger partial charge in [-0.2, -0.15) is 0 Å². The number of nitrogens with two attached hydrogens (primary N) is 1. The topological polar surface area (TPSA) is 77.2 Å². The third kappa shape index (κ3) is 4.30. The van der Waals surface area contributed by atoms with Gasteiger partial charge in [0.05, 0.1) is 29.7 Å². The van der Waals surface area contributed by atoms with Crippen LogP contribution in [0.4, 0.5) is 5.95 Å². The highest BCUT2D eigenvalue weighted by atomic mass is 35.5. The molecule has 0 aromatic carbocycles. The van der Waals surface area contributed by atoms with Crippen molar-refractivity contribution < 1.29 is 4.74 Å². The van der Waals surface area contributed by atoms with Crippen LogP contribution in [0.2, 0.25) is 5.02 Å². The lowest BCUT2D eigenvalue weighted by molar-refractivity contribution is 0.263. The van der Waals surface area contributed by atoms with E-state index in [-0.39, 0.29) is 5.95 Å². The Balaban J connectivity index is 1.59. The van der Waals surface area contributed by atoms with Crippen molar-refractivity contribution in [3.63, 3.8) is 0 Å². The van der Waals surface area contributed by atoms with Crippen LogP contribution in [0.1, 0.15) is 19.3 Å². The third-order valence-corrected chi connectivity index (χ3v) is 4.11. The van der Waals surface area contributed by atoms with Crippen molar-refractivity contribution in [1.29, 1.82) is 0 Å². The van der Waals surface area contributed by atoms with E-state index < -0.39 is 0 Å². The summed E-state index contributed by atoms with van der Waals surface area (Å²) in [5.41, 5.74) is 6.95. The quantitative estimate of drug-likeness (QED) is 0.819. The molecule has 2 aromatic heterocycles. The maximum absolute atomic E-state index is 6.13. The molecule has 1 aliphatic heterocycles. The SMILES string of the molecule is Nc1ncc(Cl)c(-c2cncc(OCCCN3CCCC3)c2)n1. The van der Waals surface area contributed by atoms with E-state index in [0.717, 1.165) is 18.5 Å². The standard InChI is InChI=1S/C16H20ClN5O/c17-14-11-20-16(18)21-15(14)12-8-13(10-19-9-12)23-7-3-6-22-4-1-2-5-22/h8-11H,1-7H2,(H2,18,20,21). The highest BCUT2D eigenvalue weighted by Gasteiger charge is 2.11. The van der Waals surface area contributed by atoms with Gasteiger partial charge in [-0.05, 0) is 38.4 Å². The Morgan fingerprint density at radius 3 is 2.87 bits per heavy atom. The number of nitrogen functional groups attached to an aromatic ring is 1. The zero-order valence-corrected chi connectivity index (χ0v) is 13.7. The fraction of sp³-hybridized carbons (Fsp3) is 0.438. The van der Waals surface area contributed by atoms with Crippen LogP contribution in [0.3, 0.4) is 0 Å². The van der Waals surface area contributed by atoms with Gasteiger partial charge in [-0.25, -0.2) is 9.97 Å². The summed E-state index contributed by atoms with van der Waals surface area (Å²) in [5, 5.41) is 0.437. The largest absolute Gasteiger partial charge is 0.492 e. The number of aromatic nitrogens is 3. The molecule has 1 fully saturated rings. The number of hydrogen-bond donors (Lipinski definition) is 1. The van der Waals surface area contributed by atoms with E-state index in [0.29, 0.717) is 23.1 Å². The minimum absolute atomic E-state index is 0.182. The molecule has 0 radical (unpaired) electrons. The minimum Gasteiger partial charge on any atom is -0.492 e. The van der Waals surface area contributed by atoms with Crippen LogP contribution in [0, 0.1) is 0 Å². The molecule has 0 saturated carbocycles. The number of ether oxygens (including phenoxy) is 1. The predicted molar refractivity (Wildman–Crippen MR) is 90.5 cm³/mol. The molecule has 6 nitrogen and oxygen atoms in total. The average Bonchev–Trinajstić information content (AvgIpc) is 3.07. The summed E-state index contributed by atoms with van der Waals surface area (Å²) >= 11 is 6.13. The van der Waals surface area contributed by atoms with Crippen molar-refractivity contribution in [2.75, 3.05) is 32.0 Å². The number of anilines is 1. The molecule has 0 amide bonds. The van der Waals surface area contributed by atoms with E-state index in [1.807, 2.05) is 6.07 Å². The van der Waals surface area contributed by atoms with Gasteiger partial charge in [0.1, 0.15) is 5.75 Å². The molecule has 0 unspecified atom stereocenters. The lowest BCUT2D eigenvalue weighted by Crippen LogP contribution is -2.21. The first-order valence-corrected chi connectivity index (χ1v) is 8.19. The van der Waals surface area contributed by atoms with Crippen molar-refractivity contribution >= 4 is 17.5 Å². The van der Waals surface area contributed by atoms with E-state index in [9.17, 15) is 0 Å². The Labute approximate surface area is 140 Å². The lowest BCUT2D eigenvalue weighted by Gasteiger charge is -2.14. The fourth-order valence-corrected chi connectivity index (χ4v) is 2.90. The molecule has 1 aliphatic rings. The van der Waals surface area contributed by atoms with Crippen LogP contribution in [-0.2, 0) is 0 Å². The molecule has 1 saturated heterocycles. The van der Waals surface area contributed by atoms with Crippen LogP contribution in [0.15, 0.2) is 24.7 Å². The summed E-state index contributed by atoms with van der Waals surface area (Å²) in [6.07, 6.45) is 8.50. The number of halogens is 1. The van der Waals surface area contributed by atoms with E-state index in [1.54, 1.807) is 12.4 Å². The number of pyridine rings is 1. The average molecular weight is 334 g/mol. The van der Waals surface area contributed by atoms with Crippen LogP contribution < -0.4 is 10.5 Å². The van der Waals surface area contributed by atoms with Crippen LogP contribution in [0.25, 0.3) is 11.3 Å². The second-order valence-electron chi connectivity index (χ2n) is 5.58. The first-order chi connectivity index (χ1) is 11.2. The molecule has 7 heteroatoms. The Morgan fingerprint density at radius 1 is 1.22 bits per heavy atom. The van der Waals surface area contributed by atoms with Gasteiger partial charge in [-0.1, -0.05) is 11.6 Å². The Hall–Kier alpha value is -1.92. The van der Waals surface area contributed by atoms with Gasteiger partial charge in [0.2, 0.25) is 5.95 Å². The van der Waals surface area contributed by atoms with Crippen molar-refractivity contribution in [1.82, 2.24) is 19.9 Å². The van der Waals surface area contributed by atoms with E-state index in [1.165, 1.54) is 32.1 Å². The zero-order valence-electron chi connectivity index (χ0n) is 12.9. The fourth-order valence-electron chi connectivity index (χ4n) is 2.69. The summed E-state index contributed by atoms with van der Waals surface area (Å²) in [7, 11) is 0. The van der Waals surface area contributed by atoms with Gasteiger partial charge in [-0.3, -0.25) is 4.98 Å². The second kappa shape index (κ2) is 7.57. The highest BCUT2D eigenvalue weighted by molar-refractivity contribution is 6.32. The summed E-state index contributed by atoms with van der Waals surface area (Å²) in [6.45, 7) is 4.18. The molecule has 23 heavy (non-hydrogen) atoms. The van der Waals surface area contributed by atoms with Gasteiger partial charge >= 0.3 is 0 Å². The van der Waals surface area contributed by atoms with E-state index >= 15 is 0 Å². The Bertz CT molecular complexity index is 661. The van der Waals surface area contributed by atoms with Crippen molar-refractivity contribution in [2.24, 2.45) is 0 Å². The molecule has 0 atom stereocenters. The Morgan fingerprint density at radius 2 is 2.04 bits per heavy atom. The predicted octanol–water partition coefficient (Wildman–Crippen LogP) is 2.64. The maximum atomic E-state index is 6.13. The van der Waals surface area contributed by atoms with Gasteiger partial charge in [0.25, 0.3) is 0 Å². The molecule has 122 valence electrons. The number of hydrogen-bond acceptors (Lipinski definition) is 6. The van der Waals surface area contributed by atoms with Crippen molar-refractivity contribution in [3.8, 4) is 17.0 Å². The van der Waals surface area contributed by atoms with Gasteiger partial charge in [0.15, 0.2) is 0 Å². The summed E-state index contributed by atoms with van der Waals surface area (Å²) in [5.74, 6) is 0.888. The maximum Gasteiger partial charge on any atom is 0.220 e. The summed E-state index contributed by atoms with van der Waals surface area (Å²) in [4.78, 5) is 14.7. The van der Waals surface area contributed by atoms with Crippen molar-refractivity contribution in [2.45, 2.75) is 19.3 Å². The number of likely N-dealkylation sites (tertiary alicyclic amines) is 1. The Kier molecular flexibility index (Phi) is 5.25. The molecule has 3 heterocycles. The molecule has 2 aromatic rings. The summed E-state index contributed by atoms with van der Waals surface area (Å²) < 4.78 is 5.79. The smallest absolute Gasteiger partial charge is 0.220 e. The molecule has 0 spiro atoms. The minimum atomic E-state index is 0.182. The van der Waals surface area contributed by atoms with Gasteiger partial charge in [-0.15, -0.1) is 0 Å².